The lowest BCUT2D eigenvalue weighted by molar-refractivity contribution is -0.142. The Hall–Kier alpha value is -0.610. The normalized spacial score (nSPS) is 46.4. The van der Waals surface area contributed by atoms with E-state index in [0.29, 0.717) is 0 Å². The zero-order valence-electron chi connectivity index (χ0n) is 8.78. The molecule has 0 aromatic heterocycles. The molecule has 0 aromatic rings. The summed E-state index contributed by atoms with van der Waals surface area (Å²) < 4.78 is 15.7. The predicted molar refractivity (Wildman–Crippen MR) is 48.9 cm³/mol. The second kappa shape index (κ2) is 3.21. The van der Waals surface area contributed by atoms with Gasteiger partial charge in [-0.05, 0) is 13.8 Å². The van der Waals surface area contributed by atoms with Crippen molar-refractivity contribution < 1.29 is 19.0 Å². The predicted octanol–water partition coefficient (Wildman–Crippen LogP) is 0.884. The van der Waals surface area contributed by atoms with E-state index >= 15 is 0 Å². The van der Waals surface area contributed by atoms with E-state index in [4.69, 9.17) is 9.47 Å². The zero-order chi connectivity index (χ0) is 10.3. The minimum Gasteiger partial charge on any atom is -0.467 e. The molecule has 1 spiro atoms. The third-order valence-electron chi connectivity index (χ3n) is 2.92. The van der Waals surface area contributed by atoms with Gasteiger partial charge in [-0.25, -0.2) is 4.79 Å². The maximum absolute atomic E-state index is 11.3. The number of ether oxygens (including phenoxy) is 3. The topological polar surface area (TPSA) is 48.1 Å². The van der Waals surface area contributed by atoms with Crippen molar-refractivity contribution in [3.63, 3.8) is 0 Å². The molecule has 3 unspecified atom stereocenters. The van der Waals surface area contributed by atoms with Crippen LogP contribution in [0.3, 0.4) is 0 Å². The first-order valence-electron chi connectivity index (χ1n) is 4.98. The van der Waals surface area contributed by atoms with Crippen molar-refractivity contribution >= 4 is 5.97 Å². The van der Waals surface area contributed by atoms with Crippen LogP contribution in [0.5, 0.6) is 0 Å². The van der Waals surface area contributed by atoms with Crippen molar-refractivity contribution in [2.75, 3.05) is 7.11 Å². The Kier molecular flexibility index (Phi) is 2.27. The van der Waals surface area contributed by atoms with Crippen LogP contribution in [0.1, 0.15) is 26.7 Å². The van der Waals surface area contributed by atoms with E-state index in [1.165, 1.54) is 7.11 Å². The molecule has 2 fully saturated rings. The summed E-state index contributed by atoms with van der Waals surface area (Å²) in [6, 6.07) is 0. The SMILES string of the molecule is COC(=O)C1OC12CC(C)OC(C)C2. The maximum atomic E-state index is 11.3. The Morgan fingerprint density at radius 2 is 1.93 bits per heavy atom. The molecule has 2 aliphatic rings. The van der Waals surface area contributed by atoms with Gasteiger partial charge in [-0.2, -0.15) is 0 Å². The minimum atomic E-state index is -0.360. The summed E-state index contributed by atoms with van der Waals surface area (Å²) in [6.45, 7) is 4.01. The van der Waals surface area contributed by atoms with Crippen molar-refractivity contribution in [1.29, 1.82) is 0 Å². The Bertz CT molecular complexity index is 241. The van der Waals surface area contributed by atoms with Gasteiger partial charge < -0.3 is 14.2 Å². The first kappa shape index (κ1) is 9.93. The van der Waals surface area contributed by atoms with Crippen LogP contribution in [0.2, 0.25) is 0 Å². The summed E-state index contributed by atoms with van der Waals surface area (Å²) in [6.07, 6.45) is 1.54. The van der Waals surface area contributed by atoms with Crippen molar-refractivity contribution in [2.45, 2.75) is 50.6 Å². The molecular formula is C10H16O4. The lowest BCUT2D eigenvalue weighted by atomic mass is 9.89. The van der Waals surface area contributed by atoms with Gasteiger partial charge in [-0.15, -0.1) is 0 Å². The van der Waals surface area contributed by atoms with Gasteiger partial charge in [0.05, 0.1) is 19.3 Å². The number of hydrogen-bond donors (Lipinski definition) is 0. The summed E-state index contributed by atoms with van der Waals surface area (Å²) >= 11 is 0. The van der Waals surface area contributed by atoms with Crippen LogP contribution in [0.15, 0.2) is 0 Å². The van der Waals surface area contributed by atoms with Gasteiger partial charge in [0.1, 0.15) is 5.60 Å². The fourth-order valence-electron chi connectivity index (χ4n) is 2.43. The molecule has 0 aliphatic carbocycles. The van der Waals surface area contributed by atoms with Crippen molar-refractivity contribution in [3.8, 4) is 0 Å². The molecule has 14 heavy (non-hydrogen) atoms. The highest BCUT2D eigenvalue weighted by atomic mass is 16.7. The molecule has 3 atom stereocenters. The lowest BCUT2D eigenvalue weighted by Crippen LogP contribution is -2.37. The molecule has 80 valence electrons. The highest BCUT2D eigenvalue weighted by Crippen LogP contribution is 2.48. The Morgan fingerprint density at radius 3 is 2.43 bits per heavy atom. The highest BCUT2D eigenvalue weighted by Gasteiger charge is 2.63. The molecule has 2 aliphatic heterocycles. The molecule has 0 aromatic carbocycles. The minimum absolute atomic E-state index is 0.161. The molecule has 0 radical (unpaired) electrons. The van der Waals surface area contributed by atoms with E-state index in [9.17, 15) is 4.79 Å². The average Bonchev–Trinajstić information content (AvgIpc) is 2.75. The number of carbonyl (C=O) groups is 1. The quantitative estimate of drug-likeness (QED) is 0.466. The van der Waals surface area contributed by atoms with E-state index in [2.05, 4.69) is 4.74 Å². The third-order valence-corrected chi connectivity index (χ3v) is 2.92. The average molecular weight is 200 g/mol. The molecular weight excluding hydrogens is 184 g/mol. The number of methoxy groups -OCH3 is 1. The van der Waals surface area contributed by atoms with Crippen LogP contribution in [-0.2, 0) is 19.0 Å². The van der Waals surface area contributed by atoms with Crippen LogP contribution < -0.4 is 0 Å². The second-order valence-corrected chi connectivity index (χ2v) is 4.25. The number of carbonyl (C=O) groups excluding carboxylic acids is 1. The molecule has 4 nitrogen and oxygen atoms in total. The van der Waals surface area contributed by atoms with E-state index in [0.717, 1.165) is 12.8 Å². The van der Waals surface area contributed by atoms with Gasteiger partial charge in [-0.3, -0.25) is 0 Å². The zero-order valence-corrected chi connectivity index (χ0v) is 8.78. The Morgan fingerprint density at radius 1 is 1.36 bits per heavy atom. The molecule has 2 heterocycles. The number of rotatable bonds is 1. The van der Waals surface area contributed by atoms with Crippen molar-refractivity contribution in [3.05, 3.63) is 0 Å². The smallest absolute Gasteiger partial charge is 0.338 e. The van der Waals surface area contributed by atoms with E-state index < -0.39 is 0 Å². The van der Waals surface area contributed by atoms with Crippen LogP contribution in [0, 0.1) is 0 Å². The standard InChI is InChI=1S/C10H16O4/c1-6-4-10(5-7(2)13-6)8(14-10)9(11)12-3/h6-8H,4-5H2,1-3H3. The molecule has 2 rings (SSSR count). The van der Waals surface area contributed by atoms with Crippen LogP contribution >= 0.6 is 0 Å². The first-order chi connectivity index (χ1) is 6.57. The van der Waals surface area contributed by atoms with Gasteiger partial charge in [0.25, 0.3) is 0 Å². The number of epoxide rings is 1. The molecule has 0 amide bonds. The summed E-state index contributed by atoms with van der Waals surface area (Å²) in [5, 5.41) is 0. The number of esters is 1. The molecule has 0 saturated carbocycles. The third kappa shape index (κ3) is 1.53. The largest absolute Gasteiger partial charge is 0.467 e. The van der Waals surface area contributed by atoms with Gasteiger partial charge in [-0.1, -0.05) is 0 Å². The molecule has 0 bridgehead atoms. The summed E-state index contributed by atoms with van der Waals surface area (Å²) in [5.41, 5.74) is -0.288. The molecule has 2 saturated heterocycles. The second-order valence-electron chi connectivity index (χ2n) is 4.25. The van der Waals surface area contributed by atoms with Crippen LogP contribution in [-0.4, -0.2) is 37.0 Å². The highest BCUT2D eigenvalue weighted by molar-refractivity contribution is 5.79. The van der Waals surface area contributed by atoms with Gasteiger partial charge >= 0.3 is 5.97 Å². The van der Waals surface area contributed by atoms with Crippen molar-refractivity contribution in [1.82, 2.24) is 0 Å². The van der Waals surface area contributed by atoms with E-state index in [-0.39, 0.29) is 29.9 Å². The summed E-state index contributed by atoms with van der Waals surface area (Å²) in [5.74, 6) is -0.258. The van der Waals surface area contributed by atoms with E-state index in [1.54, 1.807) is 0 Å². The van der Waals surface area contributed by atoms with Crippen LogP contribution in [0.25, 0.3) is 0 Å². The van der Waals surface area contributed by atoms with Crippen LogP contribution in [0.4, 0.5) is 0 Å². The van der Waals surface area contributed by atoms with Gasteiger partial charge in [0.15, 0.2) is 6.10 Å². The monoisotopic (exact) mass is 200 g/mol. The fourth-order valence-corrected chi connectivity index (χ4v) is 2.43. The van der Waals surface area contributed by atoms with Gasteiger partial charge in [0, 0.05) is 12.8 Å². The Balaban J connectivity index is 2.02. The molecule has 0 N–H and O–H groups in total. The summed E-state index contributed by atoms with van der Waals surface area (Å²) in [4.78, 5) is 11.3. The lowest BCUT2D eigenvalue weighted by Gasteiger charge is -2.30. The van der Waals surface area contributed by atoms with E-state index in [1.807, 2.05) is 13.8 Å². The van der Waals surface area contributed by atoms with Gasteiger partial charge in [0.2, 0.25) is 0 Å². The first-order valence-corrected chi connectivity index (χ1v) is 4.98. The fraction of sp³-hybridized carbons (Fsp3) is 0.900. The molecule has 4 heteroatoms. The van der Waals surface area contributed by atoms with Crippen molar-refractivity contribution in [2.24, 2.45) is 0 Å². The number of hydrogen-bond acceptors (Lipinski definition) is 4. The maximum Gasteiger partial charge on any atom is 0.338 e. The summed E-state index contributed by atoms with van der Waals surface area (Å²) in [7, 11) is 1.39. The Labute approximate surface area is 83.5 Å².